The molecule has 0 amide bonds. The minimum Gasteiger partial charge on any atom is -0.382 e. The fourth-order valence-corrected chi connectivity index (χ4v) is 4.24. The number of hydrogen-bond donors (Lipinski definition) is 1. The SMILES string of the molecule is Nc1cnc(-c2ccc(-c3ccccc3CS(=O)(=O)c3ncccn3)cc2F)cn1. The van der Waals surface area contributed by atoms with E-state index >= 15 is 0 Å². The zero-order chi connectivity index (χ0) is 21.1. The second-order valence-electron chi connectivity index (χ2n) is 6.47. The second-order valence-corrected chi connectivity index (χ2v) is 8.35. The van der Waals surface area contributed by atoms with Gasteiger partial charge in [0.05, 0.1) is 23.8 Å². The van der Waals surface area contributed by atoms with Crippen molar-refractivity contribution in [2.45, 2.75) is 10.9 Å². The summed E-state index contributed by atoms with van der Waals surface area (Å²) in [6.45, 7) is 0. The van der Waals surface area contributed by atoms with Gasteiger partial charge in [-0.05, 0) is 34.9 Å². The minimum absolute atomic E-state index is 0.244. The Kier molecular flexibility index (Phi) is 5.20. The summed E-state index contributed by atoms with van der Waals surface area (Å²) in [5.74, 6) is -0.566. The standard InChI is InChI=1S/C21H16FN5O2S/c22-18-10-14(6-7-17(18)19-11-27-20(23)12-26-19)16-5-2-1-4-15(16)13-30(28,29)21-24-8-3-9-25-21/h1-12H,13H2,(H2,23,27). The molecule has 0 saturated heterocycles. The molecular weight excluding hydrogens is 405 g/mol. The molecule has 0 radical (unpaired) electrons. The van der Waals surface area contributed by atoms with Gasteiger partial charge in [-0.25, -0.2) is 27.8 Å². The first-order valence-corrected chi connectivity index (χ1v) is 10.5. The maximum atomic E-state index is 14.8. The van der Waals surface area contributed by atoms with Gasteiger partial charge >= 0.3 is 0 Å². The molecule has 7 nitrogen and oxygen atoms in total. The maximum absolute atomic E-state index is 14.8. The molecule has 2 aromatic heterocycles. The molecule has 0 saturated carbocycles. The molecule has 0 atom stereocenters. The van der Waals surface area contributed by atoms with Crippen molar-refractivity contribution in [2.75, 3.05) is 5.73 Å². The van der Waals surface area contributed by atoms with E-state index in [1.165, 1.54) is 30.9 Å². The van der Waals surface area contributed by atoms with Crippen LogP contribution >= 0.6 is 0 Å². The Morgan fingerprint density at radius 2 is 1.63 bits per heavy atom. The predicted molar refractivity (Wildman–Crippen MR) is 110 cm³/mol. The Morgan fingerprint density at radius 3 is 2.33 bits per heavy atom. The predicted octanol–water partition coefficient (Wildman–Crippen LogP) is 3.30. The van der Waals surface area contributed by atoms with Crippen LogP contribution in [0, 0.1) is 5.82 Å². The number of nitrogens with two attached hydrogens (primary N) is 1. The summed E-state index contributed by atoms with van der Waals surface area (Å²) in [4.78, 5) is 15.7. The summed E-state index contributed by atoms with van der Waals surface area (Å²) >= 11 is 0. The smallest absolute Gasteiger partial charge is 0.247 e. The van der Waals surface area contributed by atoms with E-state index in [0.29, 0.717) is 22.4 Å². The molecule has 0 bridgehead atoms. The molecule has 0 aliphatic heterocycles. The van der Waals surface area contributed by atoms with E-state index in [2.05, 4.69) is 19.9 Å². The summed E-state index contributed by atoms with van der Waals surface area (Å²) in [7, 11) is -3.76. The van der Waals surface area contributed by atoms with Gasteiger partial charge in [-0.15, -0.1) is 0 Å². The van der Waals surface area contributed by atoms with Gasteiger partial charge in [0.15, 0.2) is 0 Å². The molecule has 0 fully saturated rings. The Morgan fingerprint density at radius 1 is 0.867 bits per heavy atom. The Balaban J connectivity index is 1.70. The van der Waals surface area contributed by atoms with E-state index in [9.17, 15) is 12.8 Å². The van der Waals surface area contributed by atoms with Gasteiger partial charge in [-0.3, -0.25) is 4.98 Å². The summed E-state index contributed by atoms with van der Waals surface area (Å²) < 4.78 is 40.2. The normalized spacial score (nSPS) is 11.4. The summed E-state index contributed by atoms with van der Waals surface area (Å²) in [5.41, 5.74) is 7.81. The molecule has 0 aliphatic rings. The molecule has 2 N–H and O–H groups in total. The lowest BCUT2D eigenvalue weighted by atomic mass is 9.98. The van der Waals surface area contributed by atoms with Crippen molar-refractivity contribution in [2.24, 2.45) is 0 Å². The largest absolute Gasteiger partial charge is 0.382 e. The molecular formula is C21H16FN5O2S. The molecule has 0 spiro atoms. The van der Waals surface area contributed by atoms with Crippen LogP contribution in [0.15, 0.2) is 78.5 Å². The molecule has 150 valence electrons. The highest BCUT2D eigenvalue weighted by Crippen LogP contribution is 2.30. The molecule has 2 heterocycles. The fraction of sp³-hybridized carbons (Fsp3) is 0.0476. The summed E-state index contributed by atoms with van der Waals surface area (Å²) in [6.07, 6.45) is 5.50. The second kappa shape index (κ2) is 7.96. The van der Waals surface area contributed by atoms with Gasteiger partial charge in [0.25, 0.3) is 0 Å². The number of benzene rings is 2. The van der Waals surface area contributed by atoms with Crippen molar-refractivity contribution in [3.05, 3.63) is 84.7 Å². The Labute approximate surface area is 172 Å². The number of hydrogen-bond acceptors (Lipinski definition) is 7. The van der Waals surface area contributed by atoms with Gasteiger partial charge in [-0.2, -0.15) is 0 Å². The lowest BCUT2D eigenvalue weighted by Crippen LogP contribution is -2.09. The zero-order valence-corrected chi connectivity index (χ0v) is 16.4. The summed E-state index contributed by atoms with van der Waals surface area (Å²) in [6, 6.07) is 13.1. The van der Waals surface area contributed by atoms with E-state index in [0.717, 1.165) is 0 Å². The minimum atomic E-state index is -3.76. The van der Waals surface area contributed by atoms with Gasteiger partial charge in [0, 0.05) is 18.0 Å². The van der Waals surface area contributed by atoms with Crippen LogP contribution in [0.2, 0.25) is 0 Å². The van der Waals surface area contributed by atoms with Crippen LogP contribution in [0.25, 0.3) is 22.4 Å². The van der Waals surface area contributed by atoms with Crippen LogP contribution in [-0.4, -0.2) is 28.4 Å². The Bertz CT molecular complexity index is 1300. The van der Waals surface area contributed by atoms with E-state index in [1.54, 1.807) is 42.5 Å². The first-order valence-electron chi connectivity index (χ1n) is 8.89. The number of aromatic nitrogens is 4. The quantitative estimate of drug-likeness (QED) is 0.492. The Hall–Kier alpha value is -3.72. The third-order valence-corrected chi connectivity index (χ3v) is 5.87. The molecule has 9 heteroatoms. The van der Waals surface area contributed by atoms with Crippen molar-refractivity contribution < 1.29 is 12.8 Å². The first kappa shape index (κ1) is 19.6. The van der Waals surface area contributed by atoms with Crippen LogP contribution < -0.4 is 5.73 Å². The van der Waals surface area contributed by atoms with Crippen molar-refractivity contribution >= 4 is 15.7 Å². The van der Waals surface area contributed by atoms with E-state index < -0.39 is 15.7 Å². The lowest BCUT2D eigenvalue weighted by Gasteiger charge is -2.11. The number of nitrogens with zero attached hydrogens (tertiary/aromatic N) is 4. The average Bonchev–Trinajstić information content (AvgIpc) is 2.75. The third-order valence-electron chi connectivity index (χ3n) is 4.41. The topological polar surface area (TPSA) is 112 Å². The zero-order valence-electron chi connectivity index (χ0n) is 15.6. The highest BCUT2D eigenvalue weighted by molar-refractivity contribution is 7.90. The fourth-order valence-electron chi connectivity index (χ4n) is 3.01. The van der Waals surface area contributed by atoms with Crippen molar-refractivity contribution in [1.29, 1.82) is 0 Å². The highest BCUT2D eigenvalue weighted by Gasteiger charge is 2.20. The van der Waals surface area contributed by atoms with Gasteiger partial charge in [0.1, 0.15) is 11.6 Å². The van der Waals surface area contributed by atoms with Crippen LogP contribution in [-0.2, 0) is 15.6 Å². The highest BCUT2D eigenvalue weighted by atomic mass is 32.2. The lowest BCUT2D eigenvalue weighted by molar-refractivity contribution is 0.586. The number of rotatable bonds is 5. The molecule has 2 aromatic carbocycles. The van der Waals surface area contributed by atoms with E-state index in [-0.39, 0.29) is 22.3 Å². The van der Waals surface area contributed by atoms with Crippen LogP contribution in [0.5, 0.6) is 0 Å². The van der Waals surface area contributed by atoms with Gasteiger partial charge in [-0.1, -0.05) is 30.3 Å². The number of anilines is 1. The van der Waals surface area contributed by atoms with Gasteiger partial charge < -0.3 is 5.73 Å². The third kappa shape index (κ3) is 4.01. The van der Waals surface area contributed by atoms with Gasteiger partial charge in [0.2, 0.25) is 15.0 Å². The van der Waals surface area contributed by atoms with E-state index in [1.807, 2.05) is 0 Å². The van der Waals surface area contributed by atoms with Crippen LogP contribution in [0.4, 0.5) is 10.2 Å². The average molecular weight is 421 g/mol. The number of nitrogen functional groups attached to an aromatic ring is 1. The van der Waals surface area contributed by atoms with Crippen LogP contribution in [0.1, 0.15) is 5.56 Å². The maximum Gasteiger partial charge on any atom is 0.247 e. The number of halogens is 1. The molecule has 0 aliphatic carbocycles. The van der Waals surface area contributed by atoms with Crippen molar-refractivity contribution in [3.63, 3.8) is 0 Å². The van der Waals surface area contributed by atoms with Crippen molar-refractivity contribution in [1.82, 2.24) is 19.9 Å². The molecule has 0 unspecified atom stereocenters. The van der Waals surface area contributed by atoms with Crippen molar-refractivity contribution in [3.8, 4) is 22.4 Å². The van der Waals surface area contributed by atoms with E-state index in [4.69, 9.17) is 5.73 Å². The summed E-state index contributed by atoms with van der Waals surface area (Å²) in [5, 5.41) is -0.247. The first-order chi connectivity index (χ1) is 14.4. The van der Waals surface area contributed by atoms with Crippen LogP contribution in [0.3, 0.4) is 0 Å². The monoisotopic (exact) mass is 421 g/mol. The number of sulfone groups is 1. The molecule has 4 aromatic rings. The molecule has 4 rings (SSSR count). The molecule has 30 heavy (non-hydrogen) atoms.